The van der Waals surface area contributed by atoms with Crippen LogP contribution >= 0.6 is 0 Å². The van der Waals surface area contributed by atoms with Gasteiger partial charge in [-0.2, -0.15) is 50.5 Å². The number of likely N-dealkylation sites (N-methyl/N-ethyl adjacent to an activating group) is 2. The van der Waals surface area contributed by atoms with E-state index in [1.54, 1.807) is 0 Å². The maximum atomic E-state index is 10.2. The normalized spacial score (nSPS) is 11.2. The van der Waals surface area contributed by atoms with Crippen LogP contribution in [0.3, 0.4) is 0 Å². The van der Waals surface area contributed by atoms with Crippen LogP contribution in [-0.4, -0.2) is 129 Å². The first-order valence-electron chi connectivity index (χ1n) is 6.94. The molecular formula is C6H22CuF6N2O18S6. The molecule has 253 valence electrons. The largest absolute Gasteiger partial charge is 0.435 e. The summed E-state index contributed by atoms with van der Waals surface area (Å²) in [6, 6.07) is 0. The molecule has 0 unspecified atom stereocenters. The molecule has 0 atom stereocenters. The van der Waals surface area contributed by atoms with E-state index in [1.165, 1.54) is 0 Å². The van der Waals surface area contributed by atoms with Crippen LogP contribution in [0.1, 0.15) is 0 Å². The van der Waals surface area contributed by atoms with E-state index < -0.39 is 63.0 Å². The first-order valence-corrected chi connectivity index (χ1v) is 15.0. The van der Waals surface area contributed by atoms with E-state index in [0.29, 0.717) is 0 Å². The van der Waals surface area contributed by atoms with Crippen LogP contribution in [0.4, 0.5) is 23.3 Å². The van der Waals surface area contributed by atoms with Gasteiger partial charge in [0.2, 0.25) is 0 Å². The molecule has 39 heavy (non-hydrogen) atoms. The molecule has 0 bridgehead atoms. The van der Waals surface area contributed by atoms with E-state index in [-0.39, 0.29) is 17.1 Å². The van der Waals surface area contributed by atoms with Gasteiger partial charge in [-0.25, -0.2) is 0 Å². The standard InChI is InChI=1S/C6H16N2.Cu.6FHO3S/c1-7(2)5-6-8(3)4;;6*1-5(2,3)4/h5-6H2,1-4H3;;6*(H,2,3,4). The molecule has 0 aliphatic heterocycles. The fraction of sp³-hybridized carbons (Fsp3) is 1.00. The van der Waals surface area contributed by atoms with E-state index in [9.17, 15) is 23.3 Å². The number of nitrogens with zero attached hydrogens (tertiary/aromatic N) is 2. The molecule has 20 nitrogen and oxygen atoms in total. The Bertz CT molecular complexity index is 930. The second kappa shape index (κ2) is 26.4. The summed E-state index contributed by atoms with van der Waals surface area (Å²) in [6.07, 6.45) is 0. The maximum Gasteiger partial charge on any atom is 0.435 e. The molecule has 0 heterocycles. The minimum Gasteiger partial charge on any atom is -0.308 e. The average molecular weight is 780 g/mol. The number of hydrogen-bond donors (Lipinski definition) is 6. The molecule has 0 aromatic rings. The zero-order chi connectivity index (χ0) is 33.6. The van der Waals surface area contributed by atoms with Crippen molar-refractivity contribution >= 4 is 63.0 Å². The van der Waals surface area contributed by atoms with Crippen LogP contribution in [0, 0.1) is 0 Å². The van der Waals surface area contributed by atoms with Crippen LogP contribution in [0.5, 0.6) is 0 Å². The van der Waals surface area contributed by atoms with E-state index >= 15 is 0 Å². The summed E-state index contributed by atoms with van der Waals surface area (Å²) in [5.41, 5.74) is 0. The summed E-state index contributed by atoms with van der Waals surface area (Å²) in [5, 5.41) is 0. The SMILES string of the molecule is CN(C)CCN(C)C.O=S(=O)(O)F.O=S(=O)(O)F.O=S(=O)(O)F.O=S(=O)(O)F.O=S(=O)(O)F.O=S(=O)(O)F.[Cu]. The van der Waals surface area contributed by atoms with Crippen molar-refractivity contribution in [3.05, 3.63) is 0 Å². The monoisotopic (exact) mass is 779 g/mol. The second-order valence-electron chi connectivity index (χ2n) is 5.08. The summed E-state index contributed by atoms with van der Waals surface area (Å²) >= 11 is 0. The third-order valence-corrected chi connectivity index (χ3v) is 0.994. The zero-order valence-electron chi connectivity index (χ0n) is 18.9. The molecule has 0 aliphatic carbocycles. The van der Waals surface area contributed by atoms with Crippen molar-refractivity contribution in [2.45, 2.75) is 0 Å². The summed E-state index contributed by atoms with van der Waals surface area (Å²) in [5.74, 6) is 0. The Morgan fingerprint density at radius 1 is 0.385 bits per heavy atom. The zero-order valence-corrected chi connectivity index (χ0v) is 24.8. The molecule has 0 aliphatic rings. The molecule has 0 spiro atoms. The molecule has 0 aromatic carbocycles. The summed E-state index contributed by atoms with van der Waals surface area (Å²) in [7, 11) is -22.7. The van der Waals surface area contributed by atoms with Crippen molar-refractivity contribution < 1.29 is 118 Å². The Morgan fingerprint density at radius 3 is 0.462 bits per heavy atom. The number of rotatable bonds is 3. The number of hydrogen-bond acceptors (Lipinski definition) is 14. The smallest absolute Gasteiger partial charge is 0.308 e. The second-order valence-corrected chi connectivity index (χ2v) is 10.0. The van der Waals surface area contributed by atoms with E-state index in [2.05, 4.69) is 38.0 Å². The molecule has 0 saturated heterocycles. The van der Waals surface area contributed by atoms with Crippen LogP contribution in [0.25, 0.3) is 0 Å². The average Bonchev–Trinajstić information content (AvgIpc) is 2.33. The third-order valence-electron chi connectivity index (χ3n) is 0.994. The predicted octanol–water partition coefficient (Wildman–Crippen LogP) is -1.34. The Morgan fingerprint density at radius 2 is 0.436 bits per heavy atom. The van der Waals surface area contributed by atoms with Crippen LogP contribution in [-0.2, 0) is 80.1 Å². The van der Waals surface area contributed by atoms with Gasteiger partial charge in [0.05, 0.1) is 0 Å². The predicted molar refractivity (Wildman–Crippen MR) is 113 cm³/mol. The fourth-order valence-corrected chi connectivity index (χ4v) is 0.400. The first-order chi connectivity index (χ1) is 15.6. The molecular weight excluding hydrogens is 758 g/mol. The van der Waals surface area contributed by atoms with Gasteiger partial charge in [-0.1, -0.05) is 23.3 Å². The minimum absolute atomic E-state index is 0. The van der Waals surface area contributed by atoms with Crippen LogP contribution in [0.15, 0.2) is 0 Å². The van der Waals surface area contributed by atoms with Crippen molar-refractivity contribution in [1.29, 1.82) is 0 Å². The number of halogens is 6. The maximum absolute atomic E-state index is 10.2. The fourth-order valence-electron chi connectivity index (χ4n) is 0.400. The van der Waals surface area contributed by atoms with Crippen molar-refractivity contribution in [3.63, 3.8) is 0 Å². The topological polar surface area (TPSA) is 333 Å². The van der Waals surface area contributed by atoms with Gasteiger partial charge in [0.25, 0.3) is 0 Å². The summed E-state index contributed by atoms with van der Waals surface area (Å²) in [4.78, 5) is 4.36. The van der Waals surface area contributed by atoms with Crippen LogP contribution < -0.4 is 0 Å². The van der Waals surface area contributed by atoms with Gasteiger partial charge >= 0.3 is 63.0 Å². The molecule has 0 saturated carbocycles. The Labute approximate surface area is 231 Å². The van der Waals surface area contributed by atoms with Crippen molar-refractivity contribution in [3.8, 4) is 0 Å². The quantitative estimate of drug-likeness (QED) is 0.0835. The first kappa shape index (κ1) is 58.2. The van der Waals surface area contributed by atoms with Gasteiger partial charge in [-0.05, 0) is 28.2 Å². The minimum atomic E-state index is -5.17. The van der Waals surface area contributed by atoms with Gasteiger partial charge in [0.15, 0.2) is 0 Å². The van der Waals surface area contributed by atoms with Gasteiger partial charge in [-0.3, -0.25) is 27.3 Å². The van der Waals surface area contributed by atoms with Crippen molar-refractivity contribution in [1.82, 2.24) is 9.80 Å². The van der Waals surface area contributed by atoms with Gasteiger partial charge in [-0.15, -0.1) is 0 Å². The van der Waals surface area contributed by atoms with Crippen LogP contribution in [0.2, 0.25) is 0 Å². The molecule has 0 aromatic heterocycles. The van der Waals surface area contributed by atoms with Gasteiger partial charge in [0.1, 0.15) is 0 Å². The van der Waals surface area contributed by atoms with E-state index in [0.717, 1.165) is 13.1 Å². The molecule has 0 fully saturated rings. The Balaban J connectivity index is -0.0000000481. The summed E-state index contributed by atoms with van der Waals surface area (Å²) in [6.45, 7) is 2.29. The molecule has 33 heteroatoms. The van der Waals surface area contributed by atoms with E-state index in [4.69, 9.17) is 77.8 Å². The Kier molecular flexibility index (Phi) is 39.4. The van der Waals surface area contributed by atoms with Gasteiger partial charge in [0, 0.05) is 30.2 Å². The van der Waals surface area contributed by atoms with E-state index in [1.807, 2.05) is 0 Å². The van der Waals surface area contributed by atoms with Crippen molar-refractivity contribution in [2.75, 3.05) is 41.3 Å². The van der Waals surface area contributed by atoms with Gasteiger partial charge < -0.3 is 9.80 Å². The molecule has 1 radical (unpaired) electrons. The third kappa shape index (κ3) is 2350. The summed E-state index contributed by atoms with van der Waals surface area (Å²) < 4.78 is 204. The molecule has 6 N–H and O–H groups in total. The molecule has 0 amide bonds. The molecule has 0 rings (SSSR count). The van der Waals surface area contributed by atoms with Crippen molar-refractivity contribution in [2.24, 2.45) is 0 Å². The Hall–Kier alpha value is -0.521.